The van der Waals surface area contributed by atoms with Crippen molar-refractivity contribution in [3.8, 4) is 5.75 Å². The van der Waals surface area contributed by atoms with E-state index in [-0.39, 0.29) is 5.54 Å². The van der Waals surface area contributed by atoms with Crippen molar-refractivity contribution in [2.75, 3.05) is 7.11 Å². The van der Waals surface area contributed by atoms with E-state index in [4.69, 9.17) is 17.0 Å². The average Bonchev–Trinajstić information content (AvgIpc) is 2.55. The Labute approximate surface area is 150 Å². The molecule has 0 amide bonds. The van der Waals surface area contributed by atoms with E-state index in [1.54, 1.807) is 13.3 Å². The third kappa shape index (κ3) is 5.34. The van der Waals surface area contributed by atoms with Crippen LogP contribution in [-0.2, 0) is 0 Å². The highest BCUT2D eigenvalue weighted by Crippen LogP contribution is 2.31. The Morgan fingerprint density at radius 2 is 2.04 bits per heavy atom. The highest BCUT2D eigenvalue weighted by Gasteiger charge is 2.30. The van der Waals surface area contributed by atoms with Gasteiger partial charge in [0.15, 0.2) is 5.11 Å². The van der Waals surface area contributed by atoms with Gasteiger partial charge in [-0.15, -0.1) is 0 Å². The molecule has 0 spiro atoms. The summed E-state index contributed by atoms with van der Waals surface area (Å²) in [6.07, 6.45) is 7.55. The van der Waals surface area contributed by atoms with Gasteiger partial charge in [-0.3, -0.25) is 5.43 Å². The number of hydrogen-bond acceptors (Lipinski definition) is 3. The van der Waals surface area contributed by atoms with E-state index in [1.165, 1.54) is 18.4 Å². The summed E-state index contributed by atoms with van der Waals surface area (Å²) in [6, 6.07) is 7.70. The van der Waals surface area contributed by atoms with Crippen LogP contribution in [0.2, 0.25) is 0 Å². The van der Waals surface area contributed by atoms with Crippen LogP contribution in [-0.4, -0.2) is 24.0 Å². The zero-order valence-electron chi connectivity index (χ0n) is 14.9. The Bertz CT molecular complexity index is 620. The van der Waals surface area contributed by atoms with Gasteiger partial charge in [-0.1, -0.05) is 11.6 Å². The largest absolute Gasteiger partial charge is 0.497 e. The lowest BCUT2D eigenvalue weighted by Gasteiger charge is -2.37. The Balaban J connectivity index is 1.84. The Morgan fingerprint density at radius 3 is 2.62 bits per heavy atom. The van der Waals surface area contributed by atoms with E-state index in [9.17, 15) is 0 Å². The van der Waals surface area contributed by atoms with Gasteiger partial charge in [-0.25, -0.2) is 0 Å². The van der Waals surface area contributed by atoms with E-state index in [0.717, 1.165) is 17.7 Å². The number of rotatable bonds is 5. The predicted octanol–water partition coefficient (Wildman–Crippen LogP) is 4.02. The molecule has 0 bridgehead atoms. The van der Waals surface area contributed by atoms with Crippen LogP contribution in [0.15, 0.2) is 41.0 Å². The fourth-order valence-corrected chi connectivity index (χ4v) is 3.21. The molecule has 2 rings (SSSR count). The first-order valence-electron chi connectivity index (χ1n) is 8.31. The monoisotopic (exact) mass is 345 g/mol. The lowest BCUT2D eigenvalue weighted by Crippen LogP contribution is -2.52. The Hall–Kier alpha value is -1.88. The van der Waals surface area contributed by atoms with Crippen LogP contribution in [0.3, 0.4) is 0 Å². The van der Waals surface area contributed by atoms with Crippen molar-refractivity contribution in [1.29, 1.82) is 0 Å². The molecular formula is C19H27N3OS. The second-order valence-corrected chi connectivity index (χ2v) is 7.25. The predicted molar refractivity (Wildman–Crippen MR) is 105 cm³/mol. The molecule has 0 radical (unpaired) electrons. The molecule has 1 aliphatic carbocycles. The first kappa shape index (κ1) is 18.5. The minimum Gasteiger partial charge on any atom is -0.497 e. The summed E-state index contributed by atoms with van der Waals surface area (Å²) in [5, 5.41) is 8.16. The summed E-state index contributed by atoms with van der Waals surface area (Å²) in [7, 11) is 1.65. The normalized spacial score (nSPS) is 18.2. The smallest absolute Gasteiger partial charge is 0.187 e. The van der Waals surface area contributed by atoms with E-state index in [2.05, 4.69) is 42.7 Å². The maximum Gasteiger partial charge on any atom is 0.187 e. The number of nitrogens with zero attached hydrogens (tertiary/aromatic N) is 1. The first-order chi connectivity index (χ1) is 11.4. The van der Waals surface area contributed by atoms with Crippen molar-refractivity contribution in [3.05, 3.63) is 41.5 Å². The maximum atomic E-state index is 5.38. The number of nitrogens with one attached hydrogen (secondary N) is 2. The lowest BCUT2D eigenvalue weighted by molar-refractivity contribution is 0.265. The fraction of sp³-hybridized carbons (Fsp3) is 0.474. The SMILES string of the molecule is COc1ccc(/C=N/NC(=S)NC(C)(C)[C@H]2CC=C(C)CC2)cc1. The molecule has 0 aliphatic heterocycles. The number of thiocarbonyl (C=S) groups is 1. The number of ether oxygens (including phenoxy) is 1. The highest BCUT2D eigenvalue weighted by atomic mass is 32.1. The lowest BCUT2D eigenvalue weighted by atomic mass is 9.77. The van der Waals surface area contributed by atoms with Gasteiger partial charge in [0, 0.05) is 5.54 Å². The van der Waals surface area contributed by atoms with E-state index in [0.29, 0.717) is 11.0 Å². The van der Waals surface area contributed by atoms with Crippen LogP contribution < -0.4 is 15.5 Å². The average molecular weight is 346 g/mol. The Kier molecular flexibility index (Phi) is 6.37. The van der Waals surface area contributed by atoms with Gasteiger partial charge in [0.25, 0.3) is 0 Å². The molecule has 5 heteroatoms. The quantitative estimate of drug-likeness (QED) is 0.366. The van der Waals surface area contributed by atoms with Crippen LogP contribution in [0.1, 0.15) is 45.6 Å². The summed E-state index contributed by atoms with van der Waals surface area (Å²) < 4.78 is 5.14. The standard InChI is InChI=1S/C19H27N3OS/c1-14-5-9-16(10-6-14)19(2,3)21-18(24)22-20-13-15-7-11-17(23-4)12-8-15/h5,7-8,11-13,16H,6,9-10H2,1-4H3,(H2,21,22,24)/b20-13+/t16-/m0/s1. The summed E-state index contributed by atoms with van der Waals surface area (Å²) in [5.41, 5.74) is 5.33. The van der Waals surface area contributed by atoms with Crippen molar-refractivity contribution in [1.82, 2.24) is 10.7 Å². The molecule has 1 aromatic carbocycles. The number of allylic oxidation sites excluding steroid dienone is 2. The molecule has 2 N–H and O–H groups in total. The molecule has 0 unspecified atom stereocenters. The van der Waals surface area contributed by atoms with Crippen molar-refractivity contribution in [2.24, 2.45) is 11.0 Å². The highest BCUT2D eigenvalue weighted by molar-refractivity contribution is 7.80. The fourth-order valence-electron chi connectivity index (χ4n) is 2.90. The van der Waals surface area contributed by atoms with Crippen molar-refractivity contribution < 1.29 is 4.74 Å². The summed E-state index contributed by atoms with van der Waals surface area (Å²) in [4.78, 5) is 0. The second-order valence-electron chi connectivity index (χ2n) is 6.84. The summed E-state index contributed by atoms with van der Waals surface area (Å²) in [5.74, 6) is 1.40. The molecule has 0 saturated carbocycles. The molecule has 0 saturated heterocycles. The van der Waals surface area contributed by atoms with Crippen LogP contribution in [0.4, 0.5) is 0 Å². The molecule has 1 aliphatic rings. The second kappa shape index (κ2) is 8.29. The molecule has 1 aromatic rings. The van der Waals surface area contributed by atoms with Crippen LogP contribution in [0.25, 0.3) is 0 Å². The van der Waals surface area contributed by atoms with Crippen molar-refractivity contribution in [2.45, 2.75) is 45.6 Å². The molecule has 24 heavy (non-hydrogen) atoms. The topological polar surface area (TPSA) is 45.6 Å². The third-order valence-corrected chi connectivity index (χ3v) is 4.78. The first-order valence-corrected chi connectivity index (χ1v) is 8.72. The molecule has 0 aromatic heterocycles. The van der Waals surface area contributed by atoms with E-state index >= 15 is 0 Å². The molecule has 130 valence electrons. The molecule has 0 heterocycles. The Morgan fingerprint density at radius 1 is 1.33 bits per heavy atom. The molecule has 4 nitrogen and oxygen atoms in total. The zero-order valence-corrected chi connectivity index (χ0v) is 15.7. The molecule has 1 atom stereocenters. The van der Waals surface area contributed by atoms with Crippen LogP contribution >= 0.6 is 12.2 Å². The van der Waals surface area contributed by atoms with Gasteiger partial charge < -0.3 is 10.1 Å². The minimum atomic E-state index is -0.0586. The van der Waals surface area contributed by atoms with Crippen molar-refractivity contribution >= 4 is 23.5 Å². The van der Waals surface area contributed by atoms with E-state index in [1.807, 2.05) is 24.3 Å². The van der Waals surface area contributed by atoms with E-state index < -0.39 is 0 Å². The van der Waals surface area contributed by atoms with Gasteiger partial charge in [0.2, 0.25) is 0 Å². The summed E-state index contributed by atoms with van der Waals surface area (Å²) in [6.45, 7) is 6.61. The number of methoxy groups -OCH3 is 1. The van der Waals surface area contributed by atoms with Gasteiger partial charge in [-0.05, 0) is 88.0 Å². The molecular weight excluding hydrogens is 318 g/mol. The molecule has 0 fully saturated rings. The van der Waals surface area contributed by atoms with Gasteiger partial charge in [0.1, 0.15) is 5.75 Å². The number of hydrazone groups is 1. The third-order valence-electron chi connectivity index (χ3n) is 4.59. The van der Waals surface area contributed by atoms with Gasteiger partial charge in [-0.2, -0.15) is 5.10 Å². The zero-order chi connectivity index (χ0) is 17.6. The number of hydrogen-bond donors (Lipinski definition) is 2. The van der Waals surface area contributed by atoms with Gasteiger partial charge >= 0.3 is 0 Å². The van der Waals surface area contributed by atoms with Crippen LogP contribution in [0.5, 0.6) is 5.75 Å². The van der Waals surface area contributed by atoms with Crippen molar-refractivity contribution in [3.63, 3.8) is 0 Å². The van der Waals surface area contributed by atoms with Gasteiger partial charge in [0.05, 0.1) is 13.3 Å². The van der Waals surface area contributed by atoms with Crippen LogP contribution in [0, 0.1) is 5.92 Å². The number of benzene rings is 1. The maximum absolute atomic E-state index is 5.38. The summed E-state index contributed by atoms with van der Waals surface area (Å²) >= 11 is 5.38. The minimum absolute atomic E-state index is 0.0586.